The summed E-state index contributed by atoms with van der Waals surface area (Å²) in [6.45, 7) is 1.72. The van der Waals surface area contributed by atoms with Crippen LogP contribution in [-0.4, -0.2) is 24.6 Å². The highest BCUT2D eigenvalue weighted by molar-refractivity contribution is 9.11. The number of hydrogen-bond acceptors (Lipinski definition) is 4. The number of aryl methyl sites for hydroxylation is 1. The minimum absolute atomic E-state index is 0.194. The first-order valence-corrected chi connectivity index (χ1v) is 11.8. The fourth-order valence-corrected chi connectivity index (χ4v) is 4.33. The van der Waals surface area contributed by atoms with Gasteiger partial charge in [-0.15, -0.1) is 0 Å². The second-order valence-electron chi connectivity index (χ2n) is 6.66. The Morgan fingerprint density at radius 3 is 2.44 bits per heavy atom. The summed E-state index contributed by atoms with van der Waals surface area (Å²) in [4.78, 5) is 24.6. The van der Waals surface area contributed by atoms with E-state index in [1.807, 2.05) is 31.2 Å². The maximum absolute atomic E-state index is 12.4. The average Bonchev–Trinajstić information content (AvgIpc) is 2.75. The second-order valence-corrected chi connectivity index (χ2v) is 9.35. The number of anilines is 1. The predicted octanol–water partition coefficient (Wildman–Crippen LogP) is 6.06. The number of benzene rings is 3. The molecule has 0 aromatic heterocycles. The quantitative estimate of drug-likeness (QED) is 0.248. The van der Waals surface area contributed by atoms with E-state index in [4.69, 9.17) is 4.74 Å². The zero-order valence-electron chi connectivity index (χ0n) is 16.9. The van der Waals surface area contributed by atoms with Crippen LogP contribution in [0.5, 0.6) is 5.75 Å². The van der Waals surface area contributed by atoms with Crippen molar-refractivity contribution in [1.82, 2.24) is 5.43 Å². The van der Waals surface area contributed by atoms with Crippen LogP contribution >= 0.6 is 47.8 Å². The number of ether oxygens (including phenoxy) is 1. The van der Waals surface area contributed by atoms with Crippen LogP contribution in [0.25, 0.3) is 0 Å². The van der Waals surface area contributed by atoms with Gasteiger partial charge < -0.3 is 10.1 Å². The normalized spacial score (nSPS) is 10.8. The first-order chi connectivity index (χ1) is 15.3. The second kappa shape index (κ2) is 11.4. The lowest BCUT2D eigenvalue weighted by Gasteiger charge is -2.13. The Kier molecular flexibility index (Phi) is 8.60. The SMILES string of the molecule is Cc1ccccc1NC(=O)COc1c(Br)cc(Br)cc1/C=N/NC(=O)c1ccc(Br)cc1. The Bertz CT molecular complexity index is 1160. The minimum Gasteiger partial charge on any atom is -0.482 e. The Morgan fingerprint density at radius 1 is 1.00 bits per heavy atom. The summed E-state index contributed by atoms with van der Waals surface area (Å²) < 4.78 is 8.06. The number of rotatable bonds is 7. The van der Waals surface area contributed by atoms with Gasteiger partial charge in [-0.1, -0.05) is 50.1 Å². The molecule has 32 heavy (non-hydrogen) atoms. The van der Waals surface area contributed by atoms with E-state index in [-0.39, 0.29) is 18.4 Å². The van der Waals surface area contributed by atoms with Crippen molar-refractivity contribution in [2.24, 2.45) is 5.10 Å². The number of carbonyl (C=O) groups is 2. The number of amides is 2. The molecule has 3 aromatic carbocycles. The van der Waals surface area contributed by atoms with Gasteiger partial charge in [-0.2, -0.15) is 5.10 Å². The first-order valence-electron chi connectivity index (χ1n) is 9.40. The largest absolute Gasteiger partial charge is 0.482 e. The third-order valence-electron chi connectivity index (χ3n) is 4.28. The highest BCUT2D eigenvalue weighted by Crippen LogP contribution is 2.32. The number of hydrazone groups is 1. The van der Waals surface area contributed by atoms with Crippen LogP contribution in [0.15, 0.2) is 79.2 Å². The lowest BCUT2D eigenvalue weighted by atomic mass is 10.2. The third-order valence-corrected chi connectivity index (χ3v) is 5.86. The minimum atomic E-state index is -0.345. The zero-order valence-corrected chi connectivity index (χ0v) is 21.6. The number of carbonyl (C=O) groups excluding carboxylic acids is 2. The van der Waals surface area contributed by atoms with Gasteiger partial charge in [0.25, 0.3) is 11.8 Å². The maximum Gasteiger partial charge on any atom is 0.271 e. The molecule has 0 aliphatic rings. The van der Waals surface area contributed by atoms with Crippen molar-refractivity contribution < 1.29 is 14.3 Å². The Labute approximate surface area is 210 Å². The summed E-state index contributed by atoms with van der Waals surface area (Å²) in [5.41, 5.74) is 5.23. The lowest BCUT2D eigenvalue weighted by Crippen LogP contribution is -2.21. The summed E-state index contributed by atoms with van der Waals surface area (Å²) in [5, 5.41) is 6.86. The smallest absolute Gasteiger partial charge is 0.271 e. The monoisotopic (exact) mass is 621 g/mol. The molecule has 9 heteroatoms. The van der Waals surface area contributed by atoms with Gasteiger partial charge >= 0.3 is 0 Å². The molecule has 0 unspecified atom stereocenters. The van der Waals surface area contributed by atoms with Gasteiger partial charge in [0.05, 0.1) is 10.7 Å². The van der Waals surface area contributed by atoms with Gasteiger partial charge in [0.2, 0.25) is 0 Å². The Morgan fingerprint density at radius 2 is 1.72 bits per heavy atom. The molecule has 6 nitrogen and oxygen atoms in total. The zero-order chi connectivity index (χ0) is 23.1. The van der Waals surface area contributed by atoms with Crippen molar-refractivity contribution in [1.29, 1.82) is 0 Å². The number of hydrogen-bond donors (Lipinski definition) is 2. The average molecular weight is 624 g/mol. The predicted molar refractivity (Wildman–Crippen MR) is 136 cm³/mol. The van der Waals surface area contributed by atoms with Crippen LogP contribution in [0, 0.1) is 6.92 Å². The van der Waals surface area contributed by atoms with E-state index in [9.17, 15) is 9.59 Å². The van der Waals surface area contributed by atoms with Gasteiger partial charge in [-0.3, -0.25) is 9.59 Å². The van der Waals surface area contributed by atoms with Gasteiger partial charge in [-0.25, -0.2) is 5.43 Å². The molecule has 0 atom stereocenters. The molecule has 0 heterocycles. The Hall–Kier alpha value is -2.49. The Balaban J connectivity index is 1.68. The van der Waals surface area contributed by atoms with E-state index >= 15 is 0 Å². The van der Waals surface area contributed by atoms with Crippen LogP contribution in [0.3, 0.4) is 0 Å². The van der Waals surface area contributed by atoms with Crippen molar-refractivity contribution >= 4 is 71.5 Å². The van der Waals surface area contributed by atoms with Crippen LogP contribution in [-0.2, 0) is 4.79 Å². The number of nitrogens with zero attached hydrogens (tertiary/aromatic N) is 1. The molecule has 0 radical (unpaired) electrons. The molecule has 0 spiro atoms. The summed E-state index contributed by atoms with van der Waals surface area (Å²) in [6.07, 6.45) is 1.46. The highest BCUT2D eigenvalue weighted by atomic mass is 79.9. The van der Waals surface area contributed by atoms with E-state index in [2.05, 4.69) is 63.6 Å². The summed E-state index contributed by atoms with van der Waals surface area (Å²) >= 11 is 10.2. The molecule has 0 bridgehead atoms. The molecular weight excluding hydrogens is 606 g/mol. The molecule has 164 valence electrons. The molecule has 0 aliphatic heterocycles. The molecule has 2 N–H and O–H groups in total. The fourth-order valence-electron chi connectivity index (χ4n) is 2.69. The molecule has 0 saturated carbocycles. The number of halogens is 3. The molecule has 0 fully saturated rings. The van der Waals surface area contributed by atoms with Crippen LogP contribution in [0.1, 0.15) is 21.5 Å². The van der Waals surface area contributed by atoms with Crippen molar-refractivity contribution in [2.75, 3.05) is 11.9 Å². The van der Waals surface area contributed by atoms with Crippen molar-refractivity contribution in [3.63, 3.8) is 0 Å². The van der Waals surface area contributed by atoms with E-state index < -0.39 is 0 Å². The van der Waals surface area contributed by atoms with Gasteiger partial charge in [0.15, 0.2) is 6.61 Å². The highest BCUT2D eigenvalue weighted by Gasteiger charge is 2.12. The lowest BCUT2D eigenvalue weighted by molar-refractivity contribution is -0.118. The van der Waals surface area contributed by atoms with Gasteiger partial charge in [-0.05, 0) is 70.9 Å². The van der Waals surface area contributed by atoms with Gasteiger partial charge in [0.1, 0.15) is 5.75 Å². The van der Waals surface area contributed by atoms with Crippen molar-refractivity contribution in [2.45, 2.75) is 6.92 Å². The third kappa shape index (κ3) is 6.75. The maximum atomic E-state index is 12.4. The topological polar surface area (TPSA) is 79.8 Å². The molecule has 2 amide bonds. The van der Waals surface area contributed by atoms with Crippen molar-refractivity contribution in [3.8, 4) is 5.75 Å². The number of para-hydroxylation sites is 1. The molecule has 3 rings (SSSR count). The summed E-state index contributed by atoms with van der Waals surface area (Å²) in [7, 11) is 0. The van der Waals surface area contributed by atoms with Crippen molar-refractivity contribution in [3.05, 3.63) is 90.8 Å². The van der Waals surface area contributed by atoms with E-state index in [0.29, 0.717) is 21.3 Å². The van der Waals surface area contributed by atoms with Crippen LogP contribution in [0.2, 0.25) is 0 Å². The molecular formula is C23H18Br3N3O3. The van der Waals surface area contributed by atoms with E-state index in [1.165, 1.54) is 6.21 Å². The van der Waals surface area contributed by atoms with E-state index in [1.54, 1.807) is 36.4 Å². The van der Waals surface area contributed by atoms with Crippen LogP contribution < -0.4 is 15.5 Å². The molecule has 3 aromatic rings. The van der Waals surface area contributed by atoms with Gasteiger partial charge in [0, 0.05) is 25.8 Å². The standard InChI is InChI=1S/C23H18Br3N3O3/c1-14-4-2-3-5-20(14)28-21(30)13-32-22-16(10-18(25)11-19(22)26)12-27-29-23(31)15-6-8-17(24)9-7-15/h2-12H,13H2,1H3,(H,28,30)(H,29,31)/b27-12+. The molecule has 0 aliphatic carbocycles. The fraction of sp³-hybridized carbons (Fsp3) is 0.0870. The number of nitrogens with one attached hydrogen (secondary N) is 2. The summed E-state index contributed by atoms with van der Waals surface area (Å²) in [6, 6.07) is 18.0. The molecule has 0 saturated heterocycles. The van der Waals surface area contributed by atoms with Crippen LogP contribution in [0.4, 0.5) is 5.69 Å². The summed E-state index contributed by atoms with van der Waals surface area (Å²) in [5.74, 6) is -0.210. The first kappa shape index (κ1) is 24.2. The van der Waals surface area contributed by atoms with E-state index in [0.717, 1.165) is 20.2 Å².